The molecule has 0 saturated heterocycles. The number of aromatic nitrogens is 1. The van der Waals surface area contributed by atoms with Crippen LogP contribution in [0.15, 0.2) is 24.4 Å². The number of hydrogen-bond donors (Lipinski definition) is 1. The van der Waals surface area contributed by atoms with Gasteiger partial charge >= 0.3 is 5.97 Å². The lowest BCUT2D eigenvalue weighted by atomic mass is 10.1. The second kappa shape index (κ2) is 6.76. The van der Waals surface area contributed by atoms with Crippen LogP contribution in [-0.2, 0) is 11.2 Å². The van der Waals surface area contributed by atoms with Gasteiger partial charge in [0.2, 0.25) is 0 Å². The van der Waals surface area contributed by atoms with Crippen molar-refractivity contribution in [2.24, 2.45) is 0 Å². The molecule has 1 aromatic carbocycles. The quantitative estimate of drug-likeness (QED) is 0.655. The number of likely N-dealkylation sites (N-methyl/N-ethyl adjacent to an activating group) is 1. The van der Waals surface area contributed by atoms with E-state index in [1.54, 1.807) is 0 Å². The van der Waals surface area contributed by atoms with Gasteiger partial charge in [-0.25, -0.2) is 0 Å². The van der Waals surface area contributed by atoms with Gasteiger partial charge in [-0.15, -0.1) is 0 Å². The second-order valence-electron chi connectivity index (χ2n) is 5.59. The first-order valence-corrected chi connectivity index (χ1v) is 7.53. The minimum atomic E-state index is -0.289. The first-order chi connectivity index (χ1) is 10.0. The molecule has 1 aromatic heterocycles. The smallest absolute Gasteiger partial charge is 0.308 e. The molecule has 4 nitrogen and oxygen atoms in total. The molecule has 0 amide bonds. The number of aromatic amines is 1. The highest BCUT2D eigenvalue weighted by Gasteiger charge is 2.10. The zero-order valence-corrected chi connectivity index (χ0v) is 13.3. The molecule has 1 heterocycles. The molecule has 2 rings (SSSR count). The maximum Gasteiger partial charge on any atom is 0.308 e. The monoisotopic (exact) mass is 288 g/mol. The van der Waals surface area contributed by atoms with E-state index in [4.69, 9.17) is 4.74 Å². The largest absolute Gasteiger partial charge is 0.427 e. The minimum absolute atomic E-state index is 0.289. The van der Waals surface area contributed by atoms with E-state index in [9.17, 15) is 4.79 Å². The van der Waals surface area contributed by atoms with Crippen LogP contribution in [0.1, 0.15) is 33.3 Å². The third-order valence-corrected chi connectivity index (χ3v) is 3.81. The van der Waals surface area contributed by atoms with Crippen molar-refractivity contribution < 1.29 is 9.53 Å². The zero-order chi connectivity index (χ0) is 15.4. The van der Waals surface area contributed by atoms with Crippen LogP contribution in [0, 0.1) is 0 Å². The van der Waals surface area contributed by atoms with Crippen molar-refractivity contribution in [3.05, 3.63) is 30.0 Å². The summed E-state index contributed by atoms with van der Waals surface area (Å²) in [4.78, 5) is 16.8. The predicted molar refractivity (Wildman–Crippen MR) is 85.7 cm³/mol. The highest BCUT2D eigenvalue weighted by molar-refractivity contribution is 5.85. The summed E-state index contributed by atoms with van der Waals surface area (Å²) in [6, 6.07) is 6.26. The molecule has 4 heteroatoms. The van der Waals surface area contributed by atoms with E-state index in [1.807, 2.05) is 18.2 Å². The summed E-state index contributed by atoms with van der Waals surface area (Å²) in [5.41, 5.74) is 2.34. The Morgan fingerprint density at radius 1 is 1.38 bits per heavy atom. The van der Waals surface area contributed by atoms with E-state index in [2.05, 4.69) is 36.9 Å². The summed E-state index contributed by atoms with van der Waals surface area (Å²) >= 11 is 0. The Bertz CT molecular complexity index is 616. The Hall–Kier alpha value is -1.81. The van der Waals surface area contributed by atoms with Crippen molar-refractivity contribution in [2.45, 2.75) is 40.2 Å². The molecule has 0 radical (unpaired) electrons. The predicted octanol–water partition coefficient (Wildman–Crippen LogP) is 3.37. The van der Waals surface area contributed by atoms with Gasteiger partial charge in [0.15, 0.2) is 0 Å². The van der Waals surface area contributed by atoms with Gasteiger partial charge in [-0.3, -0.25) is 4.79 Å². The normalized spacial score (nSPS) is 11.5. The Kier molecular flexibility index (Phi) is 5.02. The Labute approximate surface area is 126 Å². The number of nitrogens with one attached hydrogen (secondary N) is 1. The van der Waals surface area contributed by atoms with Crippen LogP contribution >= 0.6 is 0 Å². The molecule has 114 valence electrons. The number of ether oxygens (including phenoxy) is 1. The van der Waals surface area contributed by atoms with Crippen molar-refractivity contribution in [3.8, 4) is 5.75 Å². The lowest BCUT2D eigenvalue weighted by Crippen LogP contribution is -2.32. The topological polar surface area (TPSA) is 45.3 Å². The average Bonchev–Trinajstić information content (AvgIpc) is 2.81. The summed E-state index contributed by atoms with van der Waals surface area (Å²) in [5.74, 6) is 0.315. The van der Waals surface area contributed by atoms with Crippen LogP contribution in [0.5, 0.6) is 5.75 Å². The lowest BCUT2D eigenvalue weighted by Gasteiger charge is -2.24. The number of benzene rings is 1. The molecule has 2 aromatic rings. The molecule has 0 unspecified atom stereocenters. The molecule has 0 bridgehead atoms. The molecule has 0 fully saturated rings. The molecule has 1 N–H and O–H groups in total. The number of hydrogen-bond acceptors (Lipinski definition) is 3. The highest BCUT2D eigenvalue weighted by Crippen LogP contribution is 2.24. The van der Waals surface area contributed by atoms with E-state index in [0.717, 1.165) is 30.4 Å². The van der Waals surface area contributed by atoms with E-state index >= 15 is 0 Å². The average molecular weight is 288 g/mol. The molecular weight excluding hydrogens is 264 g/mol. The summed E-state index contributed by atoms with van der Waals surface area (Å²) in [7, 11) is 0. The van der Waals surface area contributed by atoms with Gasteiger partial charge < -0.3 is 14.6 Å². The third-order valence-electron chi connectivity index (χ3n) is 3.81. The van der Waals surface area contributed by atoms with Crippen molar-refractivity contribution in [3.63, 3.8) is 0 Å². The fourth-order valence-corrected chi connectivity index (χ4v) is 2.64. The number of carbonyl (C=O) groups is 1. The van der Waals surface area contributed by atoms with Gasteiger partial charge in [-0.1, -0.05) is 6.92 Å². The molecular formula is C17H24N2O2. The van der Waals surface area contributed by atoms with E-state index < -0.39 is 0 Å². The first-order valence-electron chi connectivity index (χ1n) is 7.53. The number of carbonyl (C=O) groups excluding carboxylic acids is 1. The van der Waals surface area contributed by atoms with Crippen LogP contribution in [-0.4, -0.2) is 35.0 Å². The van der Waals surface area contributed by atoms with Crippen molar-refractivity contribution in [2.75, 3.05) is 13.1 Å². The fourth-order valence-electron chi connectivity index (χ4n) is 2.64. The highest BCUT2D eigenvalue weighted by atomic mass is 16.5. The van der Waals surface area contributed by atoms with Crippen LogP contribution < -0.4 is 4.74 Å². The maximum atomic E-state index is 11.1. The zero-order valence-electron chi connectivity index (χ0n) is 13.3. The van der Waals surface area contributed by atoms with E-state index in [0.29, 0.717) is 11.8 Å². The number of esters is 1. The van der Waals surface area contributed by atoms with Gasteiger partial charge in [-0.2, -0.15) is 0 Å². The van der Waals surface area contributed by atoms with Crippen LogP contribution in [0.25, 0.3) is 10.9 Å². The third kappa shape index (κ3) is 3.85. The van der Waals surface area contributed by atoms with Crippen LogP contribution in [0.4, 0.5) is 0 Å². The molecule has 0 saturated carbocycles. The van der Waals surface area contributed by atoms with Crippen molar-refractivity contribution >= 4 is 16.9 Å². The number of nitrogens with zero attached hydrogens (tertiary/aromatic N) is 1. The second-order valence-corrected chi connectivity index (χ2v) is 5.59. The Morgan fingerprint density at radius 2 is 2.14 bits per heavy atom. The SMILES string of the molecule is CCN(CCc1c[nH]c2ccc(OC(C)=O)cc12)C(C)C. The minimum Gasteiger partial charge on any atom is -0.427 e. The molecule has 0 aliphatic rings. The molecule has 0 aliphatic carbocycles. The summed E-state index contributed by atoms with van der Waals surface area (Å²) in [5, 5.41) is 1.13. The van der Waals surface area contributed by atoms with Gasteiger partial charge in [0.05, 0.1) is 0 Å². The van der Waals surface area contributed by atoms with Gasteiger partial charge in [0, 0.05) is 36.6 Å². The number of fused-ring (bicyclic) bond motifs is 1. The fraction of sp³-hybridized carbons (Fsp3) is 0.471. The molecule has 0 spiro atoms. The number of H-pyrrole nitrogens is 1. The van der Waals surface area contributed by atoms with Crippen molar-refractivity contribution in [1.29, 1.82) is 0 Å². The van der Waals surface area contributed by atoms with E-state index in [1.165, 1.54) is 12.5 Å². The van der Waals surface area contributed by atoms with Crippen LogP contribution in [0.2, 0.25) is 0 Å². The molecule has 0 atom stereocenters. The standard InChI is InChI=1S/C17H24N2O2/c1-5-19(12(2)3)9-8-14-11-18-17-7-6-15(10-16(14)17)21-13(4)20/h6-7,10-12,18H,5,8-9H2,1-4H3. The van der Waals surface area contributed by atoms with Gasteiger partial charge in [0.1, 0.15) is 5.75 Å². The lowest BCUT2D eigenvalue weighted by molar-refractivity contribution is -0.131. The number of rotatable bonds is 6. The molecule has 0 aliphatic heterocycles. The first kappa shape index (κ1) is 15.6. The summed E-state index contributed by atoms with van der Waals surface area (Å²) in [6.07, 6.45) is 3.03. The maximum absolute atomic E-state index is 11.1. The van der Waals surface area contributed by atoms with Crippen LogP contribution in [0.3, 0.4) is 0 Å². The summed E-state index contributed by atoms with van der Waals surface area (Å²) in [6.45, 7) is 10.1. The van der Waals surface area contributed by atoms with Gasteiger partial charge in [0.25, 0.3) is 0 Å². The molecule has 21 heavy (non-hydrogen) atoms. The summed E-state index contributed by atoms with van der Waals surface area (Å²) < 4.78 is 5.17. The Morgan fingerprint density at radius 3 is 2.76 bits per heavy atom. The van der Waals surface area contributed by atoms with E-state index in [-0.39, 0.29) is 5.97 Å². The van der Waals surface area contributed by atoms with Crippen molar-refractivity contribution in [1.82, 2.24) is 9.88 Å². The Balaban J connectivity index is 2.17. The van der Waals surface area contributed by atoms with Gasteiger partial charge in [-0.05, 0) is 50.6 Å².